The van der Waals surface area contributed by atoms with Crippen LogP contribution in [0.2, 0.25) is 25.7 Å². The second kappa shape index (κ2) is 17.7. The number of thiocarbonyl (C=S) groups is 1. The summed E-state index contributed by atoms with van der Waals surface area (Å²) in [6, 6.07) is 15.9. The molecule has 3 aromatic heterocycles. The predicted molar refractivity (Wildman–Crippen MR) is 209 cm³/mol. The molecular formula is C39H44F2N6O4SSi. The summed E-state index contributed by atoms with van der Waals surface area (Å²) in [5, 5.41) is 26.2. The van der Waals surface area contributed by atoms with Crippen molar-refractivity contribution in [2.75, 3.05) is 25.1 Å². The van der Waals surface area contributed by atoms with E-state index in [1.807, 2.05) is 42.8 Å². The Kier molecular flexibility index (Phi) is 13.1. The summed E-state index contributed by atoms with van der Waals surface area (Å²) in [4.78, 5) is 8.69. The lowest BCUT2D eigenvalue weighted by Gasteiger charge is -2.17. The first-order valence-electron chi connectivity index (χ1n) is 17.3. The Labute approximate surface area is 314 Å². The third kappa shape index (κ3) is 10.6. The molecule has 53 heavy (non-hydrogen) atoms. The van der Waals surface area contributed by atoms with Crippen LogP contribution in [-0.2, 0) is 17.9 Å². The summed E-state index contributed by atoms with van der Waals surface area (Å²) < 4.78 is 51.0. The van der Waals surface area contributed by atoms with Gasteiger partial charge in [-0.25, -0.2) is 13.8 Å². The zero-order valence-corrected chi connectivity index (χ0v) is 32.3. The maximum absolute atomic E-state index is 15.6. The minimum absolute atomic E-state index is 0.0765. The Bertz CT molecular complexity index is 2060. The van der Waals surface area contributed by atoms with E-state index in [2.05, 4.69) is 46.3 Å². The van der Waals surface area contributed by atoms with Crippen LogP contribution >= 0.6 is 12.2 Å². The van der Waals surface area contributed by atoms with Gasteiger partial charge in [0, 0.05) is 81.9 Å². The number of hydrogen-bond acceptors (Lipinski definition) is 8. The van der Waals surface area contributed by atoms with E-state index in [1.165, 1.54) is 12.3 Å². The van der Waals surface area contributed by atoms with Gasteiger partial charge in [-0.2, -0.15) is 5.26 Å². The average Bonchev–Trinajstić information content (AvgIpc) is 3.49. The Morgan fingerprint density at radius 1 is 1.08 bits per heavy atom. The Hall–Kier alpha value is -4.94. The first-order valence-corrected chi connectivity index (χ1v) is 21.4. The van der Waals surface area contributed by atoms with Crippen LogP contribution in [0.1, 0.15) is 25.0 Å². The number of halogens is 2. The number of nitrogens with one attached hydrogen (secondary N) is 2. The second-order valence-electron chi connectivity index (χ2n) is 14.2. The fourth-order valence-electron chi connectivity index (χ4n) is 5.58. The summed E-state index contributed by atoms with van der Waals surface area (Å²) in [5.74, 6) is -2.07. The Balaban J connectivity index is 1.41. The highest BCUT2D eigenvalue weighted by Crippen LogP contribution is 2.41. The molecule has 5 rings (SSSR count). The van der Waals surface area contributed by atoms with Gasteiger partial charge in [0.05, 0.1) is 17.1 Å². The first kappa shape index (κ1) is 39.3. The van der Waals surface area contributed by atoms with Crippen LogP contribution in [0.3, 0.4) is 0 Å². The molecule has 14 heteroatoms. The summed E-state index contributed by atoms with van der Waals surface area (Å²) >= 11 is 5.37. The summed E-state index contributed by atoms with van der Waals surface area (Å²) in [7, 11) is -1.33. The maximum atomic E-state index is 15.6. The standard InChI is InChI=1S/C39H44F2N6O4SSi/c1-25(2)50-34-9-8-28(16-29(34)19-42)31-22-47(24-49-13-14-53(3,4)5)38-36(31)35(10-12-44-38)51-37-32(40)17-30(18-33(37)41)46-39(52)45-21-27(23-48)15-26-7-6-11-43-20-26/h6-12,16-18,20,22,25,27,48H,13-15,21,23-24H2,1-5H3,(H2,45,46,52)/t27-/m1/s1. The molecule has 0 aliphatic rings. The first-order chi connectivity index (χ1) is 25.3. The monoisotopic (exact) mass is 758 g/mol. The van der Waals surface area contributed by atoms with E-state index in [4.69, 9.17) is 26.4 Å². The van der Waals surface area contributed by atoms with Gasteiger partial charge in [-0.05, 0) is 73.9 Å². The molecular weight excluding hydrogens is 715 g/mol. The molecule has 0 unspecified atom stereocenters. The van der Waals surface area contributed by atoms with Gasteiger partial charge in [-0.3, -0.25) is 4.98 Å². The van der Waals surface area contributed by atoms with Gasteiger partial charge in [0.2, 0.25) is 0 Å². The third-order valence-corrected chi connectivity index (χ3v) is 10.2. The zero-order valence-electron chi connectivity index (χ0n) is 30.5. The number of nitriles is 1. The lowest BCUT2D eigenvalue weighted by atomic mass is 10.0. The van der Waals surface area contributed by atoms with Gasteiger partial charge in [-0.15, -0.1) is 0 Å². The number of aliphatic hydroxyl groups excluding tert-OH is 1. The van der Waals surface area contributed by atoms with Crippen molar-refractivity contribution in [3.8, 4) is 34.4 Å². The summed E-state index contributed by atoms with van der Waals surface area (Å²) in [6.45, 7) is 11.6. The lowest BCUT2D eigenvalue weighted by Crippen LogP contribution is -2.34. The molecule has 3 N–H and O–H groups in total. The van der Waals surface area contributed by atoms with E-state index in [0.717, 1.165) is 23.7 Å². The number of benzene rings is 2. The van der Waals surface area contributed by atoms with Crippen LogP contribution in [-0.4, -0.2) is 58.7 Å². The predicted octanol–water partition coefficient (Wildman–Crippen LogP) is 8.28. The van der Waals surface area contributed by atoms with E-state index in [1.54, 1.807) is 24.5 Å². The molecule has 0 saturated carbocycles. The highest BCUT2D eigenvalue weighted by molar-refractivity contribution is 7.80. The fourth-order valence-corrected chi connectivity index (χ4v) is 6.53. The van der Waals surface area contributed by atoms with E-state index >= 15 is 8.78 Å². The molecule has 1 atom stereocenters. The fraction of sp³-hybridized carbons (Fsp3) is 0.333. The quantitative estimate of drug-likeness (QED) is 0.0514. The number of anilines is 1. The summed E-state index contributed by atoms with van der Waals surface area (Å²) in [6.07, 6.45) is 7.20. The molecule has 0 radical (unpaired) electrons. The second-order valence-corrected chi connectivity index (χ2v) is 20.2. The van der Waals surface area contributed by atoms with Gasteiger partial charge < -0.3 is 34.5 Å². The number of aromatic nitrogens is 3. The number of fused-ring (bicyclic) bond motifs is 1. The average molecular weight is 759 g/mol. The van der Waals surface area contributed by atoms with Crippen LogP contribution in [0, 0.1) is 28.9 Å². The van der Waals surface area contributed by atoms with Gasteiger partial charge in [0.15, 0.2) is 22.5 Å². The molecule has 0 aliphatic carbocycles. The highest BCUT2D eigenvalue weighted by Gasteiger charge is 2.22. The SMILES string of the molecule is CC(C)Oc1ccc(-c2cn(COCC[Si](C)(C)C)c3nccc(Oc4c(F)cc(NC(=S)NC[C@H](CO)Cc5cccnc5)cc4F)c23)cc1C#N. The number of rotatable bonds is 16. The molecule has 0 bridgehead atoms. The maximum Gasteiger partial charge on any atom is 0.198 e. The van der Waals surface area contributed by atoms with E-state index in [-0.39, 0.29) is 41.9 Å². The number of nitrogens with zero attached hydrogens (tertiary/aromatic N) is 4. The van der Waals surface area contributed by atoms with Crippen molar-refractivity contribution < 1.29 is 28.1 Å². The molecule has 2 aromatic carbocycles. The van der Waals surface area contributed by atoms with Crippen LogP contribution < -0.4 is 20.1 Å². The van der Waals surface area contributed by atoms with Gasteiger partial charge in [0.1, 0.15) is 29.9 Å². The molecule has 3 heterocycles. The van der Waals surface area contributed by atoms with E-state index in [9.17, 15) is 10.4 Å². The van der Waals surface area contributed by atoms with Crippen molar-refractivity contribution in [2.45, 2.75) is 58.8 Å². The van der Waals surface area contributed by atoms with Crippen molar-refractivity contribution in [1.82, 2.24) is 19.9 Å². The van der Waals surface area contributed by atoms with Crippen LogP contribution in [0.5, 0.6) is 17.2 Å². The zero-order chi connectivity index (χ0) is 38.1. The van der Waals surface area contributed by atoms with Crippen molar-refractivity contribution in [3.63, 3.8) is 0 Å². The number of aliphatic hydroxyl groups is 1. The molecule has 0 spiro atoms. The molecule has 5 aromatic rings. The summed E-state index contributed by atoms with van der Waals surface area (Å²) in [5.41, 5.74) is 3.15. The number of pyridine rings is 2. The number of ether oxygens (including phenoxy) is 3. The third-order valence-electron chi connectivity index (χ3n) is 8.24. The minimum Gasteiger partial charge on any atom is -0.490 e. The van der Waals surface area contributed by atoms with Crippen LogP contribution in [0.4, 0.5) is 14.5 Å². The topological polar surface area (TPSA) is 126 Å². The molecule has 0 amide bonds. The van der Waals surface area contributed by atoms with E-state index in [0.29, 0.717) is 53.0 Å². The van der Waals surface area contributed by atoms with Crippen LogP contribution in [0.15, 0.2) is 73.3 Å². The van der Waals surface area contributed by atoms with Crippen molar-refractivity contribution in [1.29, 1.82) is 5.26 Å². The van der Waals surface area contributed by atoms with Crippen molar-refractivity contribution in [2.24, 2.45) is 5.92 Å². The van der Waals surface area contributed by atoms with Gasteiger partial charge in [-0.1, -0.05) is 31.8 Å². The normalized spacial score (nSPS) is 12.1. The molecule has 0 aliphatic heterocycles. The minimum atomic E-state index is -1.33. The Morgan fingerprint density at radius 2 is 1.85 bits per heavy atom. The molecule has 10 nitrogen and oxygen atoms in total. The molecule has 0 saturated heterocycles. The largest absolute Gasteiger partial charge is 0.490 e. The molecule has 0 fully saturated rings. The Morgan fingerprint density at radius 3 is 2.51 bits per heavy atom. The lowest BCUT2D eigenvalue weighted by molar-refractivity contribution is 0.0899. The number of hydrogen-bond donors (Lipinski definition) is 3. The van der Waals surface area contributed by atoms with Crippen molar-refractivity contribution >= 4 is 42.1 Å². The van der Waals surface area contributed by atoms with E-state index < -0.39 is 25.5 Å². The van der Waals surface area contributed by atoms with Gasteiger partial charge >= 0.3 is 0 Å². The highest BCUT2D eigenvalue weighted by atomic mass is 32.1. The van der Waals surface area contributed by atoms with Gasteiger partial charge in [0.25, 0.3) is 0 Å². The molecule has 278 valence electrons. The van der Waals surface area contributed by atoms with Crippen LogP contribution in [0.25, 0.3) is 22.2 Å². The smallest absolute Gasteiger partial charge is 0.198 e. The van der Waals surface area contributed by atoms with Crippen molar-refractivity contribution in [3.05, 3.63) is 96.1 Å².